The molecule has 0 radical (unpaired) electrons. The van der Waals surface area contributed by atoms with E-state index >= 15 is 0 Å². The zero-order chi connectivity index (χ0) is 16.6. The zero-order valence-electron chi connectivity index (χ0n) is 11.9. The third-order valence-electron chi connectivity index (χ3n) is 2.92. The molecule has 4 aromatic rings. The number of fused-ring (bicyclic) bond motifs is 2. The van der Waals surface area contributed by atoms with Crippen molar-refractivity contribution in [1.82, 2.24) is 39.5 Å². The van der Waals surface area contributed by atoms with Crippen LogP contribution in [0.2, 0.25) is 0 Å². The van der Waals surface area contributed by atoms with Crippen molar-refractivity contribution < 1.29 is 0 Å². The summed E-state index contributed by atoms with van der Waals surface area (Å²) in [5.41, 5.74) is 11.5. The topological polar surface area (TPSA) is 190 Å². The molecule has 4 rings (SSSR count). The van der Waals surface area contributed by atoms with Crippen molar-refractivity contribution in [2.24, 2.45) is 7.05 Å². The minimum atomic E-state index is -0.301. The Bertz CT molecular complexity index is 1100. The van der Waals surface area contributed by atoms with E-state index in [1.807, 2.05) is 0 Å². The van der Waals surface area contributed by atoms with Crippen molar-refractivity contribution in [1.29, 1.82) is 0 Å². The van der Waals surface area contributed by atoms with E-state index in [4.69, 9.17) is 11.5 Å². The predicted octanol–water partition coefficient (Wildman–Crippen LogP) is -1.53. The highest BCUT2D eigenvalue weighted by Crippen LogP contribution is 2.02. The molecule has 0 spiro atoms. The lowest BCUT2D eigenvalue weighted by atomic mass is 10.5. The van der Waals surface area contributed by atoms with E-state index in [-0.39, 0.29) is 23.0 Å². The molecule has 0 aliphatic heterocycles. The fourth-order valence-electron chi connectivity index (χ4n) is 1.94. The number of hydrogen-bond donors (Lipinski definition) is 5. The van der Waals surface area contributed by atoms with Gasteiger partial charge in [0.1, 0.15) is 0 Å². The van der Waals surface area contributed by atoms with Gasteiger partial charge >= 0.3 is 0 Å². The minimum Gasteiger partial charge on any atom is -0.369 e. The number of nitrogens with zero attached hydrogens (tertiary/aromatic N) is 5. The Morgan fingerprint density at radius 3 is 2.39 bits per heavy atom. The highest BCUT2D eigenvalue weighted by molar-refractivity contribution is 5.70. The first-order valence-electron chi connectivity index (χ1n) is 6.31. The fourth-order valence-corrected chi connectivity index (χ4v) is 1.94. The molecule has 4 heterocycles. The van der Waals surface area contributed by atoms with Crippen LogP contribution in [-0.4, -0.2) is 39.5 Å². The van der Waals surface area contributed by atoms with Gasteiger partial charge in [-0.15, -0.1) is 0 Å². The van der Waals surface area contributed by atoms with Crippen molar-refractivity contribution in [3.05, 3.63) is 33.4 Å². The predicted molar refractivity (Wildman–Crippen MR) is 82.5 cm³/mol. The first kappa shape index (κ1) is 14.2. The first-order chi connectivity index (χ1) is 11.0. The molecule has 7 N–H and O–H groups in total. The van der Waals surface area contributed by atoms with E-state index in [0.717, 1.165) is 0 Å². The quantitative estimate of drug-likeness (QED) is 0.258. The lowest BCUT2D eigenvalue weighted by Gasteiger charge is -1.93. The maximum absolute atomic E-state index is 11.2. The van der Waals surface area contributed by atoms with Gasteiger partial charge in [0.2, 0.25) is 11.9 Å². The van der Waals surface area contributed by atoms with Crippen molar-refractivity contribution >= 4 is 34.2 Å². The number of aromatic nitrogens is 8. The van der Waals surface area contributed by atoms with Crippen LogP contribution in [0.1, 0.15) is 0 Å². The largest absolute Gasteiger partial charge is 0.369 e. The van der Waals surface area contributed by atoms with Crippen LogP contribution in [0.15, 0.2) is 22.2 Å². The van der Waals surface area contributed by atoms with E-state index in [1.165, 1.54) is 12.7 Å². The molecule has 0 saturated heterocycles. The third kappa shape index (κ3) is 2.59. The standard InChI is InChI=1S/C6H7N5O.C5H5N5O/c1-11-2-8-4-3(11)5(12)10-6(7)9-4;6-5-9-3-2(4(11)10-5)7-1-8-3/h2H,1H3,(H3,7,9,10,12);1H,(H4,6,7,8,9,10,11). The van der Waals surface area contributed by atoms with E-state index < -0.39 is 0 Å². The Morgan fingerprint density at radius 2 is 1.65 bits per heavy atom. The monoisotopic (exact) mass is 316 g/mol. The summed E-state index contributed by atoms with van der Waals surface area (Å²) in [4.78, 5) is 44.9. The fraction of sp³-hybridized carbons (Fsp3) is 0.0909. The Hall–Kier alpha value is -3.70. The van der Waals surface area contributed by atoms with Crippen LogP contribution in [0.5, 0.6) is 0 Å². The van der Waals surface area contributed by atoms with Crippen LogP contribution in [0.3, 0.4) is 0 Å². The third-order valence-corrected chi connectivity index (χ3v) is 2.92. The van der Waals surface area contributed by atoms with Gasteiger partial charge in [-0.05, 0) is 0 Å². The van der Waals surface area contributed by atoms with Crippen molar-refractivity contribution in [3.63, 3.8) is 0 Å². The van der Waals surface area contributed by atoms with Crippen LogP contribution in [0.4, 0.5) is 11.9 Å². The molecule has 12 heteroatoms. The van der Waals surface area contributed by atoms with Gasteiger partial charge in [-0.1, -0.05) is 0 Å². The summed E-state index contributed by atoms with van der Waals surface area (Å²) < 4.78 is 1.60. The van der Waals surface area contributed by atoms with Gasteiger partial charge < -0.3 is 21.0 Å². The van der Waals surface area contributed by atoms with E-state index in [2.05, 4.69) is 34.9 Å². The lowest BCUT2D eigenvalue weighted by molar-refractivity contribution is 0.939. The second kappa shape index (κ2) is 5.25. The Kier molecular flexibility index (Phi) is 3.25. The molecule has 0 amide bonds. The molecule has 12 nitrogen and oxygen atoms in total. The number of anilines is 2. The van der Waals surface area contributed by atoms with Gasteiger partial charge in [-0.25, -0.2) is 9.97 Å². The average molecular weight is 316 g/mol. The van der Waals surface area contributed by atoms with Gasteiger partial charge in [0.15, 0.2) is 22.3 Å². The number of nitrogens with one attached hydrogen (secondary N) is 3. The normalized spacial score (nSPS) is 10.7. The van der Waals surface area contributed by atoms with Gasteiger partial charge in [-0.3, -0.25) is 19.6 Å². The molecule has 0 aromatic carbocycles. The van der Waals surface area contributed by atoms with Gasteiger partial charge in [0.05, 0.1) is 12.7 Å². The van der Waals surface area contributed by atoms with Gasteiger partial charge in [-0.2, -0.15) is 9.97 Å². The maximum atomic E-state index is 11.2. The average Bonchev–Trinajstić information content (AvgIpc) is 3.06. The van der Waals surface area contributed by atoms with Crippen LogP contribution in [0, 0.1) is 0 Å². The number of rotatable bonds is 0. The summed E-state index contributed by atoms with van der Waals surface area (Å²) in [5.74, 6) is 0.167. The van der Waals surface area contributed by atoms with E-state index in [9.17, 15) is 9.59 Å². The SMILES string of the molecule is Cn1cnc2nc(N)[nH]c(=O)c21.Nc1nc2nc[nH]c2c(=O)[nH]1. The van der Waals surface area contributed by atoms with E-state index in [0.29, 0.717) is 22.3 Å². The van der Waals surface area contributed by atoms with Crippen LogP contribution in [-0.2, 0) is 7.05 Å². The summed E-state index contributed by atoms with van der Waals surface area (Å²) in [6, 6.07) is 0. The van der Waals surface area contributed by atoms with Crippen LogP contribution >= 0.6 is 0 Å². The minimum absolute atomic E-state index is 0.0783. The number of aromatic amines is 3. The lowest BCUT2D eigenvalue weighted by Crippen LogP contribution is -2.13. The molecule has 0 aliphatic carbocycles. The molecular formula is C11H12N10O2. The molecule has 0 atom stereocenters. The molecule has 4 aromatic heterocycles. The molecule has 118 valence electrons. The molecular weight excluding hydrogens is 304 g/mol. The van der Waals surface area contributed by atoms with Crippen molar-refractivity contribution in [2.75, 3.05) is 11.5 Å². The summed E-state index contributed by atoms with van der Waals surface area (Å²) in [7, 11) is 1.72. The van der Waals surface area contributed by atoms with E-state index in [1.54, 1.807) is 11.6 Å². The second-order valence-corrected chi connectivity index (χ2v) is 4.53. The first-order valence-corrected chi connectivity index (χ1v) is 6.31. The Balaban J connectivity index is 0.000000136. The van der Waals surface area contributed by atoms with Gasteiger partial charge in [0, 0.05) is 7.05 Å². The Morgan fingerprint density at radius 1 is 1.00 bits per heavy atom. The molecule has 0 unspecified atom stereocenters. The molecule has 0 bridgehead atoms. The number of aryl methyl sites for hydroxylation is 1. The summed E-state index contributed by atoms with van der Waals surface area (Å²) in [5, 5.41) is 0. The smallest absolute Gasteiger partial charge is 0.278 e. The highest BCUT2D eigenvalue weighted by Gasteiger charge is 2.05. The number of hydrogen-bond acceptors (Lipinski definition) is 8. The molecule has 0 saturated carbocycles. The molecule has 23 heavy (non-hydrogen) atoms. The zero-order valence-corrected chi connectivity index (χ0v) is 11.9. The number of imidazole rings is 2. The Labute approximate surface area is 126 Å². The summed E-state index contributed by atoms with van der Waals surface area (Å²) in [6.07, 6.45) is 2.92. The second-order valence-electron chi connectivity index (χ2n) is 4.53. The van der Waals surface area contributed by atoms with Crippen molar-refractivity contribution in [3.8, 4) is 0 Å². The molecule has 0 fully saturated rings. The summed E-state index contributed by atoms with van der Waals surface area (Å²) in [6.45, 7) is 0. The summed E-state index contributed by atoms with van der Waals surface area (Å²) >= 11 is 0. The highest BCUT2D eigenvalue weighted by atomic mass is 16.1. The van der Waals surface area contributed by atoms with Crippen LogP contribution in [0.25, 0.3) is 22.3 Å². The van der Waals surface area contributed by atoms with Crippen molar-refractivity contribution in [2.45, 2.75) is 0 Å². The number of nitrogens with two attached hydrogens (primary N) is 2. The maximum Gasteiger partial charge on any atom is 0.278 e. The van der Waals surface area contributed by atoms with Gasteiger partial charge in [0.25, 0.3) is 11.1 Å². The number of nitrogen functional groups attached to an aromatic ring is 2. The molecule has 0 aliphatic rings. The van der Waals surface area contributed by atoms with Crippen LogP contribution < -0.4 is 22.6 Å². The number of H-pyrrole nitrogens is 3.